The van der Waals surface area contributed by atoms with Crippen LogP contribution in [0.25, 0.3) is 0 Å². The number of hydrogen-bond acceptors (Lipinski definition) is 3. The maximum Gasteiger partial charge on any atom is 0.222 e. The van der Waals surface area contributed by atoms with E-state index in [9.17, 15) is 4.79 Å². The highest BCUT2D eigenvalue weighted by Crippen LogP contribution is 2.31. The minimum atomic E-state index is 0.387. The van der Waals surface area contributed by atoms with E-state index < -0.39 is 0 Å². The number of allylic oxidation sites excluding steroid dienone is 1. The zero-order chi connectivity index (χ0) is 16.1. The standard InChI is InChI=1S/C18H33N3O/c1-15(2)8-12-20-13-9-17-16(14-20)6-7-18(22)21(17)11-5-10-19(3)4/h8,16-17H,5-7,9-14H2,1-4H3/t16-,17+/m1/s1. The van der Waals surface area contributed by atoms with Crippen LogP contribution in [0.5, 0.6) is 0 Å². The van der Waals surface area contributed by atoms with Crippen LogP contribution in [0.4, 0.5) is 0 Å². The van der Waals surface area contributed by atoms with Gasteiger partial charge < -0.3 is 9.80 Å². The van der Waals surface area contributed by atoms with Crippen molar-refractivity contribution in [2.24, 2.45) is 5.92 Å². The first-order valence-corrected chi connectivity index (χ1v) is 8.77. The van der Waals surface area contributed by atoms with Gasteiger partial charge in [0.2, 0.25) is 5.91 Å². The number of piperidine rings is 2. The third-order valence-corrected chi connectivity index (χ3v) is 4.99. The smallest absolute Gasteiger partial charge is 0.222 e. The van der Waals surface area contributed by atoms with Gasteiger partial charge in [-0.05, 0) is 59.7 Å². The Morgan fingerprint density at radius 2 is 2.09 bits per heavy atom. The maximum atomic E-state index is 12.3. The number of fused-ring (bicyclic) bond motifs is 1. The molecule has 0 N–H and O–H groups in total. The summed E-state index contributed by atoms with van der Waals surface area (Å²) in [5, 5.41) is 0. The molecule has 0 radical (unpaired) electrons. The lowest BCUT2D eigenvalue weighted by Crippen LogP contribution is -2.56. The molecule has 2 aliphatic rings. The van der Waals surface area contributed by atoms with Gasteiger partial charge in [0.1, 0.15) is 0 Å². The minimum absolute atomic E-state index is 0.387. The summed E-state index contributed by atoms with van der Waals surface area (Å²) in [6.07, 6.45) is 6.39. The molecule has 2 rings (SSSR count). The molecular formula is C18H33N3O. The van der Waals surface area contributed by atoms with Gasteiger partial charge in [0.05, 0.1) is 0 Å². The Balaban J connectivity index is 1.89. The Hall–Kier alpha value is -0.870. The first kappa shape index (κ1) is 17.5. The molecule has 0 aromatic rings. The Bertz CT molecular complexity index is 401. The second-order valence-electron chi connectivity index (χ2n) is 7.44. The molecule has 2 heterocycles. The number of likely N-dealkylation sites (tertiary alicyclic amines) is 2. The topological polar surface area (TPSA) is 26.8 Å². The number of rotatable bonds is 6. The second-order valence-corrected chi connectivity index (χ2v) is 7.44. The molecule has 0 aromatic heterocycles. The third kappa shape index (κ3) is 4.82. The monoisotopic (exact) mass is 307 g/mol. The predicted molar refractivity (Wildman–Crippen MR) is 91.9 cm³/mol. The van der Waals surface area contributed by atoms with Gasteiger partial charge >= 0.3 is 0 Å². The average Bonchev–Trinajstić information content (AvgIpc) is 2.47. The quantitative estimate of drug-likeness (QED) is 0.704. The summed E-state index contributed by atoms with van der Waals surface area (Å²) >= 11 is 0. The molecule has 0 unspecified atom stereocenters. The van der Waals surface area contributed by atoms with Crippen molar-refractivity contribution in [2.75, 3.05) is 46.8 Å². The fourth-order valence-electron chi connectivity index (χ4n) is 3.75. The molecule has 4 heteroatoms. The Morgan fingerprint density at radius 1 is 1.32 bits per heavy atom. The first-order valence-electron chi connectivity index (χ1n) is 8.77. The van der Waals surface area contributed by atoms with Crippen LogP contribution >= 0.6 is 0 Å². The van der Waals surface area contributed by atoms with E-state index in [0.29, 0.717) is 17.9 Å². The van der Waals surface area contributed by atoms with E-state index in [-0.39, 0.29) is 0 Å². The molecule has 0 saturated carbocycles. The van der Waals surface area contributed by atoms with Crippen LogP contribution < -0.4 is 0 Å². The Kier molecular flexibility index (Phi) is 6.45. The van der Waals surface area contributed by atoms with Gasteiger partial charge in [-0.2, -0.15) is 0 Å². The maximum absolute atomic E-state index is 12.3. The van der Waals surface area contributed by atoms with Crippen LogP contribution in [-0.2, 0) is 4.79 Å². The van der Waals surface area contributed by atoms with Gasteiger partial charge in [0.25, 0.3) is 0 Å². The zero-order valence-corrected chi connectivity index (χ0v) is 14.8. The minimum Gasteiger partial charge on any atom is -0.339 e. The Morgan fingerprint density at radius 3 is 2.77 bits per heavy atom. The highest BCUT2D eigenvalue weighted by atomic mass is 16.2. The van der Waals surface area contributed by atoms with Crippen molar-refractivity contribution in [3.05, 3.63) is 11.6 Å². The number of carbonyl (C=O) groups excluding carboxylic acids is 1. The van der Waals surface area contributed by atoms with Crippen molar-refractivity contribution in [1.29, 1.82) is 0 Å². The van der Waals surface area contributed by atoms with Gasteiger partial charge in [0.15, 0.2) is 0 Å². The molecule has 22 heavy (non-hydrogen) atoms. The van der Waals surface area contributed by atoms with Crippen LogP contribution in [-0.4, -0.2) is 73.5 Å². The van der Waals surface area contributed by atoms with E-state index in [0.717, 1.165) is 58.4 Å². The molecule has 0 bridgehead atoms. The SMILES string of the molecule is CC(C)=CCN1CC[C@H]2[C@H](CCC(=O)N2CCCN(C)C)C1. The summed E-state index contributed by atoms with van der Waals surface area (Å²) in [5.74, 6) is 1.06. The average molecular weight is 307 g/mol. The van der Waals surface area contributed by atoms with Crippen molar-refractivity contribution < 1.29 is 4.79 Å². The van der Waals surface area contributed by atoms with Crippen LogP contribution in [0, 0.1) is 5.92 Å². The predicted octanol–water partition coefficient (Wildman–Crippen LogP) is 2.22. The van der Waals surface area contributed by atoms with E-state index in [1.165, 1.54) is 5.57 Å². The zero-order valence-electron chi connectivity index (χ0n) is 14.8. The lowest BCUT2D eigenvalue weighted by molar-refractivity contribution is -0.141. The summed E-state index contributed by atoms with van der Waals surface area (Å²) in [5.41, 5.74) is 1.39. The van der Waals surface area contributed by atoms with Gasteiger partial charge in [0, 0.05) is 38.6 Å². The lowest BCUT2D eigenvalue weighted by atomic mass is 9.83. The number of nitrogens with zero attached hydrogens (tertiary/aromatic N) is 3. The van der Waals surface area contributed by atoms with E-state index in [2.05, 4.69) is 48.7 Å². The molecule has 0 aliphatic carbocycles. The fourth-order valence-corrected chi connectivity index (χ4v) is 3.75. The van der Waals surface area contributed by atoms with Gasteiger partial charge in [-0.1, -0.05) is 11.6 Å². The normalized spacial score (nSPS) is 26.2. The van der Waals surface area contributed by atoms with Crippen molar-refractivity contribution in [1.82, 2.24) is 14.7 Å². The van der Waals surface area contributed by atoms with Crippen LogP contribution in [0.2, 0.25) is 0 Å². The van der Waals surface area contributed by atoms with E-state index in [1.807, 2.05) is 0 Å². The lowest BCUT2D eigenvalue weighted by Gasteiger charge is -2.47. The first-order chi connectivity index (χ1) is 10.5. The van der Waals surface area contributed by atoms with Crippen molar-refractivity contribution >= 4 is 5.91 Å². The molecule has 2 saturated heterocycles. The fraction of sp³-hybridized carbons (Fsp3) is 0.833. The number of hydrogen-bond donors (Lipinski definition) is 0. The van der Waals surface area contributed by atoms with Gasteiger partial charge in [-0.3, -0.25) is 9.69 Å². The largest absolute Gasteiger partial charge is 0.339 e. The van der Waals surface area contributed by atoms with Gasteiger partial charge in [-0.15, -0.1) is 0 Å². The summed E-state index contributed by atoms with van der Waals surface area (Å²) < 4.78 is 0. The van der Waals surface area contributed by atoms with E-state index in [4.69, 9.17) is 0 Å². The molecular weight excluding hydrogens is 274 g/mol. The number of carbonyl (C=O) groups is 1. The Labute approximate surface area is 136 Å². The van der Waals surface area contributed by atoms with Crippen molar-refractivity contribution in [3.8, 4) is 0 Å². The van der Waals surface area contributed by atoms with Gasteiger partial charge in [-0.25, -0.2) is 0 Å². The summed E-state index contributed by atoms with van der Waals surface area (Å²) in [6.45, 7) is 9.69. The summed E-state index contributed by atoms with van der Waals surface area (Å²) in [6, 6.07) is 0.492. The molecule has 126 valence electrons. The molecule has 2 fully saturated rings. The van der Waals surface area contributed by atoms with Crippen molar-refractivity contribution in [2.45, 2.75) is 45.6 Å². The molecule has 2 aliphatic heterocycles. The van der Waals surface area contributed by atoms with E-state index in [1.54, 1.807) is 0 Å². The molecule has 1 amide bonds. The molecule has 4 nitrogen and oxygen atoms in total. The van der Waals surface area contributed by atoms with E-state index >= 15 is 0 Å². The molecule has 0 aromatic carbocycles. The highest BCUT2D eigenvalue weighted by Gasteiger charge is 2.38. The molecule has 2 atom stereocenters. The molecule has 0 spiro atoms. The summed E-state index contributed by atoms with van der Waals surface area (Å²) in [4.78, 5) is 19.3. The highest BCUT2D eigenvalue weighted by molar-refractivity contribution is 5.77. The summed E-state index contributed by atoms with van der Waals surface area (Å²) in [7, 11) is 4.20. The third-order valence-electron chi connectivity index (χ3n) is 4.99. The van der Waals surface area contributed by atoms with Crippen molar-refractivity contribution in [3.63, 3.8) is 0 Å². The number of amides is 1. The second kappa shape index (κ2) is 8.11. The van der Waals surface area contributed by atoms with Crippen LogP contribution in [0.3, 0.4) is 0 Å². The van der Waals surface area contributed by atoms with Crippen LogP contribution in [0.1, 0.15) is 39.5 Å². The van der Waals surface area contributed by atoms with Crippen LogP contribution in [0.15, 0.2) is 11.6 Å².